The van der Waals surface area contributed by atoms with Gasteiger partial charge in [0.25, 0.3) is 0 Å². The molecule has 0 unspecified atom stereocenters. The highest BCUT2D eigenvalue weighted by Gasteiger charge is 2.02. The summed E-state index contributed by atoms with van der Waals surface area (Å²) in [6.07, 6.45) is 3.16. The number of benzene rings is 1. The van der Waals surface area contributed by atoms with E-state index < -0.39 is 12.6 Å². The lowest BCUT2D eigenvalue weighted by molar-refractivity contribution is -0.139. The number of rotatable bonds is 5. The second-order valence-electron chi connectivity index (χ2n) is 2.95. The monoisotopic (exact) mass is 242 g/mol. The van der Waals surface area contributed by atoms with Crippen molar-refractivity contribution in [2.24, 2.45) is 0 Å². The highest BCUT2D eigenvalue weighted by atomic mass is 35.5. The van der Waals surface area contributed by atoms with Crippen LogP contribution in [-0.2, 0) is 4.79 Å². The quantitative estimate of drug-likeness (QED) is 0.826. The molecule has 0 aliphatic heterocycles. The largest absolute Gasteiger partial charge is 0.482 e. The molecule has 0 spiro atoms. The van der Waals surface area contributed by atoms with Crippen LogP contribution < -0.4 is 4.74 Å². The van der Waals surface area contributed by atoms with Crippen LogP contribution in [0.4, 0.5) is 0 Å². The fourth-order valence-corrected chi connectivity index (χ4v) is 1.24. The SMILES string of the molecule is O=C(O)COc1ccc(Cl)c(/C=C/CO)c1. The van der Waals surface area contributed by atoms with Crippen LogP contribution in [0, 0.1) is 0 Å². The van der Waals surface area contributed by atoms with Gasteiger partial charge in [-0.1, -0.05) is 23.8 Å². The summed E-state index contributed by atoms with van der Waals surface area (Å²) in [6, 6.07) is 4.80. The lowest BCUT2D eigenvalue weighted by Crippen LogP contribution is -2.09. The molecule has 0 atom stereocenters. The summed E-state index contributed by atoms with van der Waals surface area (Å²) in [7, 11) is 0. The van der Waals surface area contributed by atoms with Crippen molar-refractivity contribution >= 4 is 23.6 Å². The first-order chi connectivity index (χ1) is 7.63. The van der Waals surface area contributed by atoms with Crippen molar-refractivity contribution in [2.75, 3.05) is 13.2 Å². The van der Waals surface area contributed by atoms with Gasteiger partial charge in [0.2, 0.25) is 0 Å². The van der Waals surface area contributed by atoms with Crippen molar-refractivity contribution in [3.05, 3.63) is 34.9 Å². The molecule has 0 saturated carbocycles. The van der Waals surface area contributed by atoms with E-state index in [2.05, 4.69) is 0 Å². The van der Waals surface area contributed by atoms with Gasteiger partial charge in [0.1, 0.15) is 5.75 Å². The maximum absolute atomic E-state index is 10.3. The molecule has 5 heteroatoms. The first-order valence-corrected chi connectivity index (χ1v) is 4.93. The molecule has 86 valence electrons. The van der Waals surface area contributed by atoms with Gasteiger partial charge in [0, 0.05) is 5.02 Å². The average molecular weight is 243 g/mol. The molecule has 4 nitrogen and oxygen atoms in total. The van der Waals surface area contributed by atoms with Gasteiger partial charge in [-0.2, -0.15) is 0 Å². The third-order valence-electron chi connectivity index (χ3n) is 1.73. The van der Waals surface area contributed by atoms with Crippen LogP contribution in [0.3, 0.4) is 0 Å². The van der Waals surface area contributed by atoms with Crippen LogP contribution in [0.5, 0.6) is 5.75 Å². The van der Waals surface area contributed by atoms with Gasteiger partial charge in [-0.15, -0.1) is 0 Å². The van der Waals surface area contributed by atoms with Crippen molar-refractivity contribution in [2.45, 2.75) is 0 Å². The Hall–Kier alpha value is -1.52. The molecular formula is C11H11ClO4. The molecule has 0 aromatic heterocycles. The van der Waals surface area contributed by atoms with E-state index in [1.165, 1.54) is 6.08 Å². The molecular weight excluding hydrogens is 232 g/mol. The summed E-state index contributed by atoms with van der Waals surface area (Å²) in [5.41, 5.74) is 0.665. The molecule has 0 saturated heterocycles. The minimum atomic E-state index is -1.04. The smallest absolute Gasteiger partial charge is 0.341 e. The Bertz CT molecular complexity index is 401. The molecule has 0 amide bonds. The van der Waals surface area contributed by atoms with Crippen molar-refractivity contribution in [1.82, 2.24) is 0 Å². The fraction of sp³-hybridized carbons (Fsp3) is 0.182. The summed E-state index contributed by atoms with van der Waals surface area (Å²) < 4.78 is 4.99. The second kappa shape index (κ2) is 6.15. The van der Waals surface area contributed by atoms with Crippen LogP contribution in [0.1, 0.15) is 5.56 Å². The zero-order valence-electron chi connectivity index (χ0n) is 8.39. The predicted molar refractivity (Wildman–Crippen MR) is 60.7 cm³/mol. The van der Waals surface area contributed by atoms with Gasteiger partial charge in [0.15, 0.2) is 6.61 Å². The molecule has 1 rings (SSSR count). The highest BCUT2D eigenvalue weighted by molar-refractivity contribution is 6.32. The van der Waals surface area contributed by atoms with E-state index in [-0.39, 0.29) is 6.61 Å². The maximum atomic E-state index is 10.3. The maximum Gasteiger partial charge on any atom is 0.341 e. The summed E-state index contributed by atoms with van der Waals surface area (Å²) in [5, 5.41) is 17.6. The van der Waals surface area contributed by atoms with E-state index in [9.17, 15) is 4.79 Å². The first-order valence-electron chi connectivity index (χ1n) is 4.55. The molecule has 0 radical (unpaired) electrons. The number of aliphatic hydroxyl groups excluding tert-OH is 1. The van der Waals surface area contributed by atoms with Crippen molar-refractivity contribution in [3.8, 4) is 5.75 Å². The van der Waals surface area contributed by atoms with Crippen molar-refractivity contribution in [3.63, 3.8) is 0 Å². The standard InChI is InChI=1S/C11H11ClO4/c12-10-4-3-9(16-7-11(14)15)6-8(10)2-1-5-13/h1-4,6,13H,5,7H2,(H,14,15)/b2-1+. The number of aliphatic hydroxyl groups is 1. The van der Waals surface area contributed by atoms with E-state index in [4.69, 9.17) is 26.6 Å². The summed E-state index contributed by atoms with van der Waals surface area (Å²) in [4.78, 5) is 10.3. The Balaban J connectivity index is 2.80. The summed E-state index contributed by atoms with van der Waals surface area (Å²) in [5.74, 6) is -0.619. The number of carbonyl (C=O) groups is 1. The van der Waals surface area contributed by atoms with Crippen LogP contribution in [-0.4, -0.2) is 29.4 Å². The minimum absolute atomic E-state index is 0.0868. The van der Waals surface area contributed by atoms with Gasteiger partial charge < -0.3 is 14.9 Å². The molecule has 16 heavy (non-hydrogen) atoms. The average Bonchev–Trinajstić information content (AvgIpc) is 2.26. The molecule has 1 aromatic rings. The molecule has 0 heterocycles. The van der Waals surface area contributed by atoms with E-state index >= 15 is 0 Å². The van der Waals surface area contributed by atoms with Gasteiger partial charge in [0.05, 0.1) is 6.61 Å². The molecule has 2 N–H and O–H groups in total. The van der Waals surface area contributed by atoms with Gasteiger partial charge in [-0.25, -0.2) is 4.79 Å². The molecule has 0 aliphatic carbocycles. The van der Waals surface area contributed by atoms with Gasteiger partial charge in [-0.3, -0.25) is 0 Å². The Morgan fingerprint density at radius 2 is 2.25 bits per heavy atom. The highest BCUT2D eigenvalue weighted by Crippen LogP contribution is 2.23. The number of hydrogen-bond acceptors (Lipinski definition) is 3. The topological polar surface area (TPSA) is 66.8 Å². The van der Waals surface area contributed by atoms with Crippen LogP contribution in [0.25, 0.3) is 6.08 Å². The zero-order chi connectivity index (χ0) is 12.0. The van der Waals surface area contributed by atoms with E-state index in [0.717, 1.165) is 0 Å². The lowest BCUT2D eigenvalue weighted by Gasteiger charge is -2.05. The third-order valence-corrected chi connectivity index (χ3v) is 2.08. The zero-order valence-corrected chi connectivity index (χ0v) is 9.15. The summed E-state index contributed by atoms with van der Waals surface area (Å²) >= 11 is 5.89. The van der Waals surface area contributed by atoms with Crippen LogP contribution >= 0.6 is 11.6 Å². The Labute approximate surface area is 97.7 Å². The number of aliphatic carboxylic acids is 1. The van der Waals surface area contributed by atoms with E-state index in [1.807, 2.05) is 0 Å². The number of hydrogen-bond donors (Lipinski definition) is 2. The Morgan fingerprint density at radius 3 is 2.88 bits per heavy atom. The van der Waals surface area contributed by atoms with Crippen molar-refractivity contribution in [1.29, 1.82) is 0 Å². The minimum Gasteiger partial charge on any atom is -0.482 e. The molecule has 0 fully saturated rings. The van der Waals surface area contributed by atoms with Crippen LogP contribution in [0.15, 0.2) is 24.3 Å². The third kappa shape index (κ3) is 3.92. The number of ether oxygens (including phenoxy) is 1. The number of carboxylic acids is 1. The first kappa shape index (κ1) is 12.5. The van der Waals surface area contributed by atoms with Crippen LogP contribution in [0.2, 0.25) is 5.02 Å². The molecule has 0 bridgehead atoms. The van der Waals surface area contributed by atoms with E-state index in [1.54, 1.807) is 24.3 Å². The molecule has 0 aliphatic rings. The van der Waals surface area contributed by atoms with E-state index in [0.29, 0.717) is 16.3 Å². The number of halogens is 1. The lowest BCUT2D eigenvalue weighted by atomic mass is 10.2. The Morgan fingerprint density at radius 1 is 1.50 bits per heavy atom. The van der Waals surface area contributed by atoms with Gasteiger partial charge in [-0.05, 0) is 23.8 Å². The number of carboxylic acid groups (broad SMARTS) is 1. The Kier molecular flexibility index (Phi) is 4.82. The fourth-order valence-electron chi connectivity index (χ4n) is 1.06. The summed E-state index contributed by atoms with van der Waals surface area (Å²) in [6.45, 7) is -0.485. The predicted octanol–water partition coefficient (Wildman–Crippen LogP) is 1.81. The molecule has 1 aromatic carbocycles. The van der Waals surface area contributed by atoms with Crippen molar-refractivity contribution < 1.29 is 19.7 Å². The second-order valence-corrected chi connectivity index (χ2v) is 3.36. The van der Waals surface area contributed by atoms with Gasteiger partial charge >= 0.3 is 5.97 Å². The normalized spacial score (nSPS) is 10.6.